The van der Waals surface area contributed by atoms with Crippen molar-refractivity contribution in [3.63, 3.8) is 0 Å². The topological polar surface area (TPSA) is 13.1 Å². The summed E-state index contributed by atoms with van der Waals surface area (Å²) in [7, 11) is 0. The van der Waals surface area contributed by atoms with Gasteiger partial charge in [0.1, 0.15) is 0 Å². The first-order valence-electron chi connectivity index (χ1n) is 22.9. The van der Waals surface area contributed by atoms with Crippen LogP contribution in [0.25, 0.3) is 88.4 Å². The van der Waals surface area contributed by atoms with E-state index in [4.69, 9.17) is 0 Å². The van der Waals surface area contributed by atoms with Crippen molar-refractivity contribution >= 4 is 60.7 Å². The molecule has 12 aromatic rings. The van der Waals surface area contributed by atoms with Crippen LogP contribution in [0, 0.1) is 0 Å². The fourth-order valence-corrected chi connectivity index (χ4v) is 10.9. The Morgan fingerprint density at radius 2 is 0.712 bits per heavy atom. The molecule has 2 aromatic heterocycles. The van der Waals surface area contributed by atoms with Gasteiger partial charge in [-0.1, -0.05) is 159 Å². The van der Waals surface area contributed by atoms with Gasteiger partial charge >= 0.3 is 0 Å². The van der Waals surface area contributed by atoms with Crippen molar-refractivity contribution in [3.8, 4) is 44.8 Å². The maximum atomic E-state index is 2.44. The normalized spacial score (nSPS) is 12.8. The minimum atomic E-state index is -0.211. The molecular weight excluding hydrogens is 799 g/mol. The third-order valence-electron chi connectivity index (χ3n) is 14.1. The van der Waals surface area contributed by atoms with Crippen molar-refractivity contribution in [1.82, 2.24) is 9.13 Å². The molecule has 0 saturated carbocycles. The molecule has 1 aliphatic carbocycles. The Hall–Kier alpha value is -8.40. The fraction of sp³-hybridized carbons (Fsp3) is 0.0476. The molecule has 2 heterocycles. The summed E-state index contributed by atoms with van der Waals surface area (Å²) in [6.45, 7) is 4.77. The molecule has 0 bridgehead atoms. The lowest BCUT2D eigenvalue weighted by Crippen LogP contribution is -2.16. The molecular formula is C63H45N3. The molecule has 1 aliphatic rings. The third kappa shape index (κ3) is 5.90. The summed E-state index contributed by atoms with van der Waals surface area (Å²) in [5.74, 6) is 0. The summed E-state index contributed by atoms with van der Waals surface area (Å²) < 4.78 is 4.78. The number of benzene rings is 10. The fourth-order valence-electron chi connectivity index (χ4n) is 10.9. The Morgan fingerprint density at radius 3 is 1.33 bits per heavy atom. The van der Waals surface area contributed by atoms with Crippen LogP contribution in [-0.2, 0) is 5.41 Å². The van der Waals surface area contributed by atoms with Gasteiger partial charge in [0.2, 0.25) is 0 Å². The molecule has 0 saturated heterocycles. The predicted molar refractivity (Wildman–Crippen MR) is 278 cm³/mol. The highest BCUT2D eigenvalue weighted by atomic mass is 15.1. The highest BCUT2D eigenvalue weighted by Crippen LogP contribution is 2.52. The van der Waals surface area contributed by atoms with Crippen molar-refractivity contribution in [2.75, 3.05) is 4.90 Å². The standard InChI is InChI=1S/C63H45N3/c1-63(2)57-39-44(45-30-37-56-55-21-11-14-24-61(55)66(62(56)40-45)47-17-7-4-8-18-47)29-36-51(57)52-38-35-50(41-58(52)63)64(46-15-5-3-6-16-46)48-31-25-42(26-32-48)43-27-33-49(34-28-43)65-59-22-12-9-19-53(59)54-20-10-13-23-60(54)65/h3-41H,1-2H3. The summed E-state index contributed by atoms with van der Waals surface area (Å²) in [5.41, 5.74) is 20.5. The first-order chi connectivity index (χ1) is 32.5. The van der Waals surface area contributed by atoms with Crippen molar-refractivity contribution in [2.24, 2.45) is 0 Å². The monoisotopic (exact) mass is 843 g/mol. The summed E-state index contributed by atoms with van der Waals surface area (Å²) in [6, 6.07) is 86.7. The second kappa shape index (κ2) is 14.8. The zero-order valence-corrected chi connectivity index (χ0v) is 36.9. The number of aromatic nitrogens is 2. The lowest BCUT2D eigenvalue weighted by Gasteiger charge is -2.28. The number of anilines is 3. The van der Waals surface area contributed by atoms with Crippen LogP contribution in [0.5, 0.6) is 0 Å². The van der Waals surface area contributed by atoms with E-state index in [-0.39, 0.29) is 5.41 Å². The van der Waals surface area contributed by atoms with Gasteiger partial charge in [-0.25, -0.2) is 0 Å². The molecule has 0 fully saturated rings. The van der Waals surface area contributed by atoms with E-state index >= 15 is 0 Å². The van der Waals surface area contributed by atoms with Crippen molar-refractivity contribution in [3.05, 3.63) is 248 Å². The summed E-state index contributed by atoms with van der Waals surface area (Å²) in [6.07, 6.45) is 0. The third-order valence-corrected chi connectivity index (χ3v) is 14.1. The van der Waals surface area contributed by atoms with E-state index in [9.17, 15) is 0 Å². The maximum Gasteiger partial charge on any atom is 0.0547 e. The molecule has 312 valence electrons. The van der Waals surface area contributed by atoms with Crippen LogP contribution in [0.1, 0.15) is 25.0 Å². The Kier molecular flexibility index (Phi) is 8.56. The molecule has 0 spiro atoms. The SMILES string of the molecule is CC1(C)c2cc(-c3ccc4c5ccccc5n(-c5ccccc5)c4c3)ccc2-c2ccc(N(c3ccccc3)c3ccc(-c4ccc(-n5c6ccccc6c6ccccc65)cc4)cc3)cc21. The van der Waals surface area contributed by atoms with Crippen LogP contribution in [-0.4, -0.2) is 9.13 Å². The van der Waals surface area contributed by atoms with Gasteiger partial charge in [-0.05, 0) is 136 Å². The van der Waals surface area contributed by atoms with Crippen molar-refractivity contribution in [2.45, 2.75) is 19.3 Å². The highest BCUT2D eigenvalue weighted by molar-refractivity contribution is 6.11. The largest absolute Gasteiger partial charge is 0.310 e. The van der Waals surface area contributed by atoms with Gasteiger partial charge in [0.15, 0.2) is 0 Å². The lowest BCUT2D eigenvalue weighted by molar-refractivity contribution is 0.660. The molecule has 3 heteroatoms. The average Bonchev–Trinajstić information content (AvgIpc) is 3.97. The zero-order valence-electron chi connectivity index (χ0n) is 36.9. The molecule has 10 aromatic carbocycles. The first kappa shape index (κ1) is 38.1. The Morgan fingerprint density at radius 1 is 0.303 bits per heavy atom. The van der Waals surface area contributed by atoms with Crippen molar-refractivity contribution < 1.29 is 0 Å². The summed E-state index contributed by atoms with van der Waals surface area (Å²) in [4.78, 5) is 2.39. The average molecular weight is 844 g/mol. The molecule has 66 heavy (non-hydrogen) atoms. The smallest absolute Gasteiger partial charge is 0.0547 e. The molecule has 0 N–H and O–H groups in total. The number of hydrogen-bond acceptors (Lipinski definition) is 1. The number of para-hydroxylation sites is 5. The molecule has 0 unspecified atom stereocenters. The zero-order chi connectivity index (χ0) is 43.9. The van der Waals surface area contributed by atoms with Crippen LogP contribution in [0.15, 0.2) is 237 Å². The molecule has 0 radical (unpaired) electrons. The quantitative estimate of drug-likeness (QED) is 0.156. The van der Waals surface area contributed by atoms with Gasteiger partial charge in [-0.15, -0.1) is 0 Å². The lowest BCUT2D eigenvalue weighted by atomic mass is 9.81. The Labute approximate surface area is 384 Å². The summed E-state index contributed by atoms with van der Waals surface area (Å²) >= 11 is 0. The van der Waals surface area contributed by atoms with Gasteiger partial charge in [-0.2, -0.15) is 0 Å². The first-order valence-corrected chi connectivity index (χ1v) is 22.9. The van der Waals surface area contributed by atoms with E-state index in [1.165, 1.54) is 93.8 Å². The highest BCUT2D eigenvalue weighted by Gasteiger charge is 2.36. The van der Waals surface area contributed by atoms with Crippen LogP contribution in [0.4, 0.5) is 17.1 Å². The number of fused-ring (bicyclic) bond motifs is 9. The van der Waals surface area contributed by atoms with Gasteiger partial charge < -0.3 is 14.0 Å². The second-order valence-corrected chi connectivity index (χ2v) is 18.2. The van der Waals surface area contributed by atoms with Crippen LogP contribution in [0.2, 0.25) is 0 Å². The van der Waals surface area contributed by atoms with Crippen LogP contribution < -0.4 is 4.90 Å². The maximum absolute atomic E-state index is 2.44. The van der Waals surface area contributed by atoms with E-state index < -0.39 is 0 Å². The Balaban J connectivity index is 0.837. The Bertz CT molecular complexity index is 3760. The van der Waals surface area contributed by atoms with E-state index in [0.717, 1.165) is 22.7 Å². The minimum absolute atomic E-state index is 0.211. The van der Waals surface area contributed by atoms with Gasteiger partial charge in [0.05, 0.1) is 22.1 Å². The molecule has 0 amide bonds. The molecule has 13 rings (SSSR count). The van der Waals surface area contributed by atoms with Crippen molar-refractivity contribution in [1.29, 1.82) is 0 Å². The van der Waals surface area contributed by atoms with Gasteiger partial charge in [0.25, 0.3) is 0 Å². The van der Waals surface area contributed by atoms with Gasteiger partial charge in [0, 0.05) is 55.4 Å². The molecule has 0 aliphatic heterocycles. The minimum Gasteiger partial charge on any atom is -0.310 e. The van der Waals surface area contributed by atoms with Crippen LogP contribution in [0.3, 0.4) is 0 Å². The second-order valence-electron chi connectivity index (χ2n) is 18.2. The molecule has 0 atom stereocenters. The molecule has 3 nitrogen and oxygen atoms in total. The van der Waals surface area contributed by atoms with E-state index in [1.54, 1.807) is 0 Å². The predicted octanol–water partition coefficient (Wildman–Crippen LogP) is 17.0. The van der Waals surface area contributed by atoms with Crippen LogP contribution >= 0.6 is 0 Å². The van der Waals surface area contributed by atoms with E-state index in [1.807, 2.05) is 0 Å². The number of nitrogens with zero attached hydrogens (tertiary/aromatic N) is 3. The summed E-state index contributed by atoms with van der Waals surface area (Å²) in [5, 5.41) is 5.08. The number of hydrogen-bond donors (Lipinski definition) is 0. The van der Waals surface area contributed by atoms with E-state index in [2.05, 4.69) is 264 Å². The number of rotatable bonds is 7. The van der Waals surface area contributed by atoms with Gasteiger partial charge in [-0.3, -0.25) is 0 Å². The van der Waals surface area contributed by atoms with E-state index in [0.29, 0.717) is 0 Å².